The number of allylic oxidation sites excluding steroid dienone is 6. The van der Waals surface area contributed by atoms with Crippen LogP contribution in [0.25, 0.3) is 25.7 Å². The van der Waals surface area contributed by atoms with Gasteiger partial charge in [-0.15, -0.1) is 11.3 Å². The molecule has 7 rings (SSSR count). The van der Waals surface area contributed by atoms with Crippen molar-refractivity contribution in [2.24, 2.45) is 5.92 Å². The molecule has 0 spiro atoms. The molecule has 0 amide bonds. The van der Waals surface area contributed by atoms with Gasteiger partial charge in [0.2, 0.25) is 0 Å². The molecule has 160 valence electrons. The van der Waals surface area contributed by atoms with Gasteiger partial charge < -0.3 is 4.90 Å². The maximum absolute atomic E-state index is 2.61. The van der Waals surface area contributed by atoms with Gasteiger partial charge in [-0.1, -0.05) is 73.9 Å². The predicted molar refractivity (Wildman–Crippen MR) is 138 cm³/mol. The molecule has 4 aliphatic rings. The second-order valence-electron chi connectivity index (χ2n) is 9.89. The highest BCUT2D eigenvalue weighted by Gasteiger charge is 2.33. The van der Waals surface area contributed by atoms with Crippen LogP contribution in [0.2, 0.25) is 0 Å². The Morgan fingerprint density at radius 3 is 2.72 bits per heavy atom. The van der Waals surface area contributed by atoms with Gasteiger partial charge in [0, 0.05) is 38.5 Å². The monoisotopic (exact) mass is 435 g/mol. The van der Waals surface area contributed by atoms with Crippen LogP contribution in [-0.2, 0) is 6.54 Å². The van der Waals surface area contributed by atoms with Crippen molar-refractivity contribution >= 4 is 37.1 Å². The molecule has 0 bridgehead atoms. The summed E-state index contributed by atoms with van der Waals surface area (Å²) in [5, 5.41) is 2.88. The molecule has 1 nitrogen and oxygen atoms in total. The molecule has 0 saturated heterocycles. The summed E-state index contributed by atoms with van der Waals surface area (Å²) in [5.74, 6) is 0.769. The Balaban J connectivity index is 1.39. The van der Waals surface area contributed by atoms with Crippen molar-refractivity contribution in [1.29, 1.82) is 0 Å². The molecular weight excluding hydrogens is 406 g/mol. The summed E-state index contributed by atoms with van der Waals surface area (Å²) in [6.07, 6.45) is 23.5. The van der Waals surface area contributed by atoms with Crippen molar-refractivity contribution in [2.45, 2.75) is 57.5 Å². The number of hydrogen-bond acceptors (Lipinski definition) is 2. The van der Waals surface area contributed by atoms with Crippen LogP contribution in [0.1, 0.15) is 67.7 Å². The molecule has 0 N–H and O–H groups in total. The number of thiophene rings is 1. The Morgan fingerprint density at radius 2 is 1.84 bits per heavy atom. The maximum Gasteiger partial charge on any atom is 0.0747 e. The highest BCUT2D eigenvalue weighted by Crippen LogP contribution is 2.49. The van der Waals surface area contributed by atoms with Crippen molar-refractivity contribution in [1.82, 2.24) is 4.90 Å². The molecule has 2 aliphatic heterocycles. The molecule has 1 aromatic heterocycles. The molecule has 1 atom stereocenters. The molecule has 32 heavy (non-hydrogen) atoms. The summed E-state index contributed by atoms with van der Waals surface area (Å²) < 4.78 is 2.98. The first-order valence-corrected chi connectivity index (χ1v) is 13.2. The summed E-state index contributed by atoms with van der Waals surface area (Å²) in [6, 6.07) is 12.1. The third-order valence-electron chi connectivity index (χ3n) is 8.05. The van der Waals surface area contributed by atoms with Gasteiger partial charge in [-0.3, -0.25) is 0 Å². The van der Waals surface area contributed by atoms with Crippen LogP contribution in [0.3, 0.4) is 0 Å². The van der Waals surface area contributed by atoms with Crippen LogP contribution < -0.4 is 0 Å². The van der Waals surface area contributed by atoms with Gasteiger partial charge in [0.1, 0.15) is 0 Å². The Kier molecular flexibility index (Phi) is 4.43. The lowest BCUT2D eigenvalue weighted by molar-refractivity contribution is 0.338. The Labute approximate surface area is 194 Å². The van der Waals surface area contributed by atoms with E-state index in [0.717, 1.165) is 25.3 Å². The van der Waals surface area contributed by atoms with Crippen molar-refractivity contribution in [2.75, 3.05) is 0 Å². The number of fused-ring (bicyclic) bond motifs is 7. The summed E-state index contributed by atoms with van der Waals surface area (Å²) >= 11 is 2.03. The maximum atomic E-state index is 2.61. The average Bonchev–Trinajstić information content (AvgIpc) is 3.42. The zero-order valence-electron chi connectivity index (χ0n) is 18.5. The molecular formula is C30H29NS. The van der Waals surface area contributed by atoms with Crippen molar-refractivity contribution < 1.29 is 0 Å². The van der Waals surface area contributed by atoms with E-state index < -0.39 is 0 Å². The Morgan fingerprint density at radius 1 is 0.938 bits per heavy atom. The van der Waals surface area contributed by atoms with E-state index >= 15 is 0 Å². The zero-order chi connectivity index (χ0) is 21.1. The van der Waals surface area contributed by atoms with Crippen molar-refractivity contribution in [3.63, 3.8) is 0 Å². The van der Waals surface area contributed by atoms with Gasteiger partial charge in [-0.2, -0.15) is 0 Å². The Hall–Kier alpha value is -2.58. The van der Waals surface area contributed by atoms with Gasteiger partial charge in [-0.25, -0.2) is 0 Å². The van der Waals surface area contributed by atoms with Gasteiger partial charge in [-0.05, 0) is 60.0 Å². The molecule has 1 fully saturated rings. The van der Waals surface area contributed by atoms with E-state index in [0.29, 0.717) is 6.04 Å². The van der Waals surface area contributed by atoms with E-state index in [-0.39, 0.29) is 0 Å². The summed E-state index contributed by atoms with van der Waals surface area (Å²) in [4.78, 5) is 2.55. The lowest BCUT2D eigenvalue weighted by Gasteiger charge is -2.30. The van der Waals surface area contributed by atoms with Crippen LogP contribution >= 0.6 is 11.3 Å². The van der Waals surface area contributed by atoms with Crippen molar-refractivity contribution in [3.8, 4) is 0 Å². The van der Waals surface area contributed by atoms with Crippen LogP contribution in [0.5, 0.6) is 0 Å². The van der Waals surface area contributed by atoms with Crippen LogP contribution in [0, 0.1) is 5.92 Å². The predicted octanol–water partition coefficient (Wildman–Crippen LogP) is 8.68. The first kappa shape index (κ1) is 18.9. The quantitative estimate of drug-likeness (QED) is 0.389. The minimum atomic E-state index is 0.406. The topological polar surface area (TPSA) is 3.24 Å². The average molecular weight is 436 g/mol. The number of rotatable bonds is 2. The molecule has 3 aromatic rings. The molecule has 0 radical (unpaired) electrons. The number of benzene rings is 2. The fourth-order valence-corrected chi connectivity index (χ4v) is 7.83. The fraction of sp³-hybridized carbons (Fsp3) is 0.333. The van der Waals surface area contributed by atoms with E-state index in [1.54, 1.807) is 11.1 Å². The SMILES string of the molecule is C1=CCCC(c2cccc3c2sc2c4c(ccc23)CN2C=CC(C3CCCCC3)=CC42)=C1. The number of hydrogen-bond donors (Lipinski definition) is 0. The highest BCUT2D eigenvalue weighted by atomic mass is 32.1. The first-order chi connectivity index (χ1) is 15.9. The Bertz CT molecular complexity index is 1340. The summed E-state index contributed by atoms with van der Waals surface area (Å²) in [6.45, 7) is 1.04. The minimum absolute atomic E-state index is 0.406. The second kappa shape index (κ2) is 7.49. The van der Waals surface area contributed by atoms with E-state index in [9.17, 15) is 0 Å². The third-order valence-corrected chi connectivity index (χ3v) is 9.33. The fourth-order valence-electron chi connectivity index (χ4n) is 6.38. The van der Waals surface area contributed by atoms with E-state index in [2.05, 4.69) is 71.8 Å². The number of nitrogens with zero attached hydrogens (tertiary/aromatic N) is 1. The van der Waals surface area contributed by atoms with Gasteiger partial charge >= 0.3 is 0 Å². The molecule has 1 unspecified atom stereocenters. The summed E-state index contributed by atoms with van der Waals surface area (Å²) in [5.41, 5.74) is 7.62. The largest absolute Gasteiger partial charge is 0.363 e. The van der Waals surface area contributed by atoms with Crippen LogP contribution in [0.4, 0.5) is 0 Å². The normalized spacial score (nSPS) is 22.9. The first-order valence-electron chi connectivity index (χ1n) is 12.4. The lowest BCUT2D eigenvalue weighted by atomic mass is 9.82. The highest BCUT2D eigenvalue weighted by molar-refractivity contribution is 7.26. The zero-order valence-corrected chi connectivity index (χ0v) is 19.3. The second-order valence-corrected chi connectivity index (χ2v) is 10.9. The minimum Gasteiger partial charge on any atom is -0.363 e. The van der Waals surface area contributed by atoms with Crippen LogP contribution in [0.15, 0.2) is 72.5 Å². The van der Waals surface area contributed by atoms with E-state index in [4.69, 9.17) is 0 Å². The third kappa shape index (κ3) is 2.89. The smallest absolute Gasteiger partial charge is 0.0747 e. The lowest BCUT2D eigenvalue weighted by Crippen LogP contribution is -2.20. The van der Waals surface area contributed by atoms with Crippen LogP contribution in [-0.4, -0.2) is 4.90 Å². The molecule has 2 aliphatic carbocycles. The van der Waals surface area contributed by atoms with E-state index in [1.807, 2.05) is 11.3 Å². The van der Waals surface area contributed by atoms with Gasteiger partial charge in [0.05, 0.1) is 6.04 Å². The van der Waals surface area contributed by atoms with Gasteiger partial charge in [0.25, 0.3) is 0 Å². The molecule has 1 saturated carbocycles. The van der Waals surface area contributed by atoms with Gasteiger partial charge in [0.15, 0.2) is 0 Å². The molecule has 3 heterocycles. The van der Waals surface area contributed by atoms with Crippen molar-refractivity contribution in [3.05, 3.63) is 89.2 Å². The molecule has 2 heteroatoms. The summed E-state index contributed by atoms with van der Waals surface area (Å²) in [7, 11) is 0. The van der Waals surface area contributed by atoms with E-state index in [1.165, 1.54) is 69.0 Å². The standard InChI is InChI=1S/C30H29NS/c1-3-8-20(9-4-1)22-16-17-31-19-23-14-15-26-25-13-7-12-24(21-10-5-2-6-11-21)29(25)32-30(26)28(23)27(31)18-22/h2,5,7,10,12-18,20,27H,1,3-4,6,8-9,11,19H2. The molecule has 2 aromatic carbocycles.